The van der Waals surface area contributed by atoms with E-state index in [4.69, 9.17) is 16.6 Å². The van der Waals surface area contributed by atoms with Crippen molar-refractivity contribution >= 4 is 44.5 Å². The fourth-order valence-corrected chi connectivity index (χ4v) is 4.94. The lowest BCUT2D eigenvalue weighted by Gasteiger charge is -2.16. The molecular formula is C20H19ClN3OS2+. The molecule has 4 nitrogen and oxygen atoms in total. The van der Waals surface area contributed by atoms with Gasteiger partial charge in [-0.3, -0.25) is 4.79 Å². The topological polar surface area (TPSA) is 50.2 Å². The normalized spacial score (nSPS) is 12.5. The van der Waals surface area contributed by atoms with Crippen molar-refractivity contribution in [1.29, 1.82) is 0 Å². The Kier molecular flexibility index (Phi) is 5.41. The van der Waals surface area contributed by atoms with Gasteiger partial charge in [0.1, 0.15) is 17.8 Å². The molecule has 1 aromatic carbocycles. The third kappa shape index (κ3) is 4.14. The molecule has 0 aliphatic rings. The molecule has 0 spiro atoms. The Morgan fingerprint density at radius 3 is 2.70 bits per heavy atom. The van der Waals surface area contributed by atoms with Crippen LogP contribution < -0.4 is 10.5 Å². The number of thiophene rings is 2. The molecule has 0 saturated carbocycles. The van der Waals surface area contributed by atoms with Crippen molar-refractivity contribution < 1.29 is 4.90 Å². The Morgan fingerprint density at radius 2 is 2.00 bits per heavy atom. The number of aromatic amines is 1. The first-order valence-electron chi connectivity index (χ1n) is 8.77. The summed E-state index contributed by atoms with van der Waals surface area (Å²) in [5.41, 5.74) is 1.74. The van der Waals surface area contributed by atoms with Crippen LogP contribution in [0.2, 0.25) is 5.02 Å². The number of hydrogen-bond donors (Lipinski definition) is 2. The van der Waals surface area contributed by atoms with E-state index in [1.165, 1.54) is 21.1 Å². The van der Waals surface area contributed by atoms with E-state index in [1.807, 2.05) is 30.3 Å². The monoisotopic (exact) mass is 416 g/mol. The van der Waals surface area contributed by atoms with Gasteiger partial charge >= 0.3 is 0 Å². The summed E-state index contributed by atoms with van der Waals surface area (Å²) in [6.45, 7) is 4.77. The number of nitrogens with one attached hydrogen (secondary N) is 2. The number of nitrogens with zero attached hydrogens (tertiary/aromatic N) is 1. The number of halogens is 1. The highest BCUT2D eigenvalue weighted by Gasteiger charge is 2.15. The Hall–Kier alpha value is -1.99. The molecule has 138 valence electrons. The van der Waals surface area contributed by atoms with Crippen LogP contribution in [0.4, 0.5) is 0 Å². The van der Waals surface area contributed by atoms with Gasteiger partial charge in [-0.1, -0.05) is 29.8 Å². The van der Waals surface area contributed by atoms with Crippen molar-refractivity contribution in [1.82, 2.24) is 9.97 Å². The third-order valence-electron chi connectivity index (χ3n) is 4.48. The summed E-state index contributed by atoms with van der Waals surface area (Å²) in [4.78, 5) is 24.0. The average Bonchev–Trinajstić information content (AvgIpc) is 3.31. The molecule has 4 rings (SSSR count). The first-order valence-corrected chi connectivity index (χ1v) is 10.8. The predicted molar refractivity (Wildman–Crippen MR) is 114 cm³/mol. The number of rotatable bonds is 6. The molecule has 0 amide bonds. The number of quaternary nitrogens is 1. The van der Waals surface area contributed by atoms with Crippen LogP contribution in [0.3, 0.4) is 0 Å². The van der Waals surface area contributed by atoms with E-state index in [0.29, 0.717) is 16.3 Å². The molecule has 3 heterocycles. The molecule has 2 N–H and O–H groups in total. The summed E-state index contributed by atoms with van der Waals surface area (Å²) in [5, 5.41) is 2.80. The minimum atomic E-state index is -0.0632. The van der Waals surface area contributed by atoms with E-state index in [0.717, 1.165) is 34.9 Å². The summed E-state index contributed by atoms with van der Waals surface area (Å²) in [6.07, 6.45) is 0. The zero-order valence-electron chi connectivity index (χ0n) is 14.8. The van der Waals surface area contributed by atoms with Crippen LogP contribution in [0.25, 0.3) is 20.7 Å². The maximum absolute atomic E-state index is 12.6. The van der Waals surface area contributed by atoms with Crippen LogP contribution in [0.1, 0.15) is 17.6 Å². The van der Waals surface area contributed by atoms with E-state index in [1.54, 1.807) is 11.3 Å². The minimum Gasteiger partial charge on any atom is -0.324 e. The lowest BCUT2D eigenvalue weighted by Crippen LogP contribution is -3.09. The highest BCUT2D eigenvalue weighted by Crippen LogP contribution is 2.31. The number of fused-ring (bicyclic) bond motifs is 1. The van der Waals surface area contributed by atoms with Gasteiger partial charge in [0.25, 0.3) is 5.56 Å². The molecular weight excluding hydrogens is 398 g/mol. The van der Waals surface area contributed by atoms with E-state index in [-0.39, 0.29) is 5.56 Å². The second kappa shape index (κ2) is 7.94. The molecule has 0 aliphatic carbocycles. The van der Waals surface area contributed by atoms with Crippen molar-refractivity contribution in [3.05, 3.63) is 73.9 Å². The van der Waals surface area contributed by atoms with Crippen LogP contribution in [-0.2, 0) is 13.1 Å². The molecule has 0 aliphatic heterocycles. The summed E-state index contributed by atoms with van der Waals surface area (Å²) >= 11 is 9.20. The van der Waals surface area contributed by atoms with Crippen molar-refractivity contribution in [2.45, 2.75) is 20.0 Å². The molecule has 0 radical (unpaired) electrons. The summed E-state index contributed by atoms with van der Waals surface area (Å²) in [5.74, 6) is 0.737. The first-order chi connectivity index (χ1) is 13.1. The van der Waals surface area contributed by atoms with Gasteiger partial charge in [0.15, 0.2) is 5.82 Å². The van der Waals surface area contributed by atoms with Gasteiger partial charge in [-0.05, 0) is 42.1 Å². The minimum absolute atomic E-state index is 0.0632. The van der Waals surface area contributed by atoms with E-state index < -0.39 is 0 Å². The molecule has 27 heavy (non-hydrogen) atoms. The zero-order valence-corrected chi connectivity index (χ0v) is 17.2. The van der Waals surface area contributed by atoms with Crippen molar-refractivity contribution in [3.8, 4) is 10.4 Å². The van der Waals surface area contributed by atoms with Gasteiger partial charge in [0.2, 0.25) is 0 Å². The molecule has 0 bridgehead atoms. The molecule has 7 heteroatoms. The van der Waals surface area contributed by atoms with Crippen LogP contribution >= 0.6 is 34.3 Å². The van der Waals surface area contributed by atoms with Gasteiger partial charge in [-0.2, -0.15) is 0 Å². The first kappa shape index (κ1) is 18.4. The molecule has 4 aromatic rings. The molecule has 0 fully saturated rings. The molecule has 1 atom stereocenters. The Bertz CT molecular complexity index is 1100. The number of hydrogen-bond acceptors (Lipinski definition) is 4. The largest absolute Gasteiger partial charge is 0.324 e. The van der Waals surface area contributed by atoms with E-state index >= 15 is 0 Å². The lowest BCUT2D eigenvalue weighted by molar-refractivity contribution is -0.926. The maximum atomic E-state index is 12.6. The molecule has 1 unspecified atom stereocenters. The van der Waals surface area contributed by atoms with Gasteiger partial charge in [0, 0.05) is 9.90 Å². The fourth-order valence-electron chi connectivity index (χ4n) is 3.04. The van der Waals surface area contributed by atoms with Crippen molar-refractivity contribution in [2.75, 3.05) is 6.54 Å². The number of aromatic nitrogens is 2. The Labute approximate surface area is 170 Å². The van der Waals surface area contributed by atoms with E-state index in [2.05, 4.69) is 29.4 Å². The second-order valence-corrected chi connectivity index (χ2v) is 8.90. The number of H-pyrrole nitrogens is 1. The highest BCUT2D eigenvalue weighted by atomic mass is 35.5. The fraction of sp³-hybridized carbons (Fsp3) is 0.200. The average molecular weight is 417 g/mol. The second-order valence-electron chi connectivity index (χ2n) is 6.38. The van der Waals surface area contributed by atoms with Gasteiger partial charge in [-0.25, -0.2) is 4.98 Å². The van der Waals surface area contributed by atoms with Crippen molar-refractivity contribution in [2.24, 2.45) is 0 Å². The number of benzene rings is 1. The lowest BCUT2D eigenvalue weighted by atomic mass is 10.2. The van der Waals surface area contributed by atoms with Crippen LogP contribution in [0.5, 0.6) is 0 Å². The van der Waals surface area contributed by atoms with Crippen LogP contribution in [0.15, 0.2) is 52.6 Å². The quantitative estimate of drug-likeness (QED) is 0.499. The van der Waals surface area contributed by atoms with Crippen LogP contribution in [0, 0.1) is 0 Å². The smallest absolute Gasteiger partial charge is 0.269 e. The van der Waals surface area contributed by atoms with Crippen LogP contribution in [-0.4, -0.2) is 16.5 Å². The predicted octanol–water partition coefficient (Wildman–Crippen LogP) is 3.97. The summed E-state index contributed by atoms with van der Waals surface area (Å²) in [7, 11) is 0. The van der Waals surface area contributed by atoms with Crippen molar-refractivity contribution in [3.63, 3.8) is 0 Å². The van der Waals surface area contributed by atoms with Gasteiger partial charge < -0.3 is 9.88 Å². The standard InChI is InChI=1S/C20H18ClN3OS2/c1-2-24(11-15-4-3-9-26-15)12-18-22-16-10-17(27-19(16)20(25)23-18)13-5-7-14(21)8-6-13/h3-10H,2,11-12H2,1H3,(H,22,23,25)/p+1. The molecule has 3 aromatic heterocycles. The third-order valence-corrected chi connectivity index (χ3v) is 6.78. The molecule has 0 saturated heterocycles. The Balaban J connectivity index is 1.62. The van der Waals surface area contributed by atoms with E-state index in [9.17, 15) is 4.79 Å². The maximum Gasteiger partial charge on any atom is 0.269 e. The van der Waals surface area contributed by atoms with Gasteiger partial charge in [0.05, 0.1) is 16.9 Å². The Morgan fingerprint density at radius 1 is 1.19 bits per heavy atom. The van der Waals surface area contributed by atoms with Gasteiger partial charge in [-0.15, -0.1) is 22.7 Å². The SMILES string of the molecule is CC[NH+](Cc1nc2cc(-c3ccc(Cl)cc3)sc2c(=O)[nH]1)Cc1cccs1. The highest BCUT2D eigenvalue weighted by molar-refractivity contribution is 7.22. The summed E-state index contributed by atoms with van der Waals surface area (Å²) in [6, 6.07) is 13.9. The zero-order chi connectivity index (χ0) is 18.8. The summed E-state index contributed by atoms with van der Waals surface area (Å²) < 4.78 is 0.667.